The molecule has 1 nitrogen and oxygen atoms in total. The van der Waals surface area contributed by atoms with Gasteiger partial charge in [0.1, 0.15) is 6.10 Å². The van der Waals surface area contributed by atoms with E-state index in [2.05, 4.69) is 0 Å². The summed E-state index contributed by atoms with van der Waals surface area (Å²) in [5, 5.41) is 9.63. The van der Waals surface area contributed by atoms with Gasteiger partial charge >= 0.3 is 0 Å². The highest BCUT2D eigenvalue weighted by Crippen LogP contribution is 2.31. The molecule has 1 N–H and O–H groups in total. The van der Waals surface area contributed by atoms with Crippen LogP contribution in [0.2, 0.25) is 5.02 Å². The van der Waals surface area contributed by atoms with E-state index in [0.717, 1.165) is 12.1 Å². The SMILES string of the molecule is OC(c1cc(F)c(F)cc1Cl)c1cccc(F)c1F. The zero-order valence-corrected chi connectivity index (χ0v) is 10.1. The number of aliphatic hydroxyl groups is 1. The molecule has 0 radical (unpaired) electrons. The number of benzene rings is 2. The summed E-state index contributed by atoms with van der Waals surface area (Å²) in [5.41, 5.74) is -0.655. The molecule has 0 aliphatic carbocycles. The minimum absolute atomic E-state index is 0.245. The van der Waals surface area contributed by atoms with Crippen LogP contribution in [0.5, 0.6) is 0 Å². The van der Waals surface area contributed by atoms with Gasteiger partial charge < -0.3 is 5.11 Å². The Hall–Kier alpha value is -1.59. The van der Waals surface area contributed by atoms with E-state index in [9.17, 15) is 22.7 Å². The number of rotatable bonds is 2. The largest absolute Gasteiger partial charge is 0.383 e. The van der Waals surface area contributed by atoms with E-state index < -0.39 is 34.9 Å². The first-order valence-electron chi connectivity index (χ1n) is 5.18. The highest BCUT2D eigenvalue weighted by Gasteiger charge is 2.21. The van der Waals surface area contributed by atoms with Crippen molar-refractivity contribution in [3.05, 3.63) is 69.8 Å². The predicted octanol–water partition coefficient (Wildman–Crippen LogP) is 3.98. The third-order valence-electron chi connectivity index (χ3n) is 2.61. The van der Waals surface area contributed by atoms with Crippen LogP contribution in [0.4, 0.5) is 17.6 Å². The minimum Gasteiger partial charge on any atom is -0.383 e. The molecule has 0 spiro atoms. The topological polar surface area (TPSA) is 20.2 Å². The van der Waals surface area contributed by atoms with Crippen molar-refractivity contribution in [1.29, 1.82) is 0 Å². The molecule has 0 bridgehead atoms. The summed E-state index contributed by atoms with van der Waals surface area (Å²) in [4.78, 5) is 0. The molecule has 2 aromatic rings. The zero-order valence-electron chi connectivity index (χ0n) is 9.30. The van der Waals surface area contributed by atoms with Gasteiger partial charge in [-0.2, -0.15) is 0 Å². The minimum atomic E-state index is -1.70. The Bertz CT molecular complexity index is 630. The Morgan fingerprint density at radius 3 is 2.21 bits per heavy atom. The van der Waals surface area contributed by atoms with Gasteiger partial charge in [0.05, 0.1) is 0 Å². The van der Waals surface area contributed by atoms with Crippen molar-refractivity contribution in [2.24, 2.45) is 0 Å². The Labute approximate surface area is 111 Å². The van der Waals surface area contributed by atoms with Crippen LogP contribution in [0.25, 0.3) is 0 Å². The Morgan fingerprint density at radius 1 is 0.895 bits per heavy atom. The van der Waals surface area contributed by atoms with Crippen molar-refractivity contribution in [1.82, 2.24) is 0 Å². The lowest BCUT2D eigenvalue weighted by Gasteiger charge is -2.14. The summed E-state index contributed by atoms with van der Waals surface area (Å²) < 4.78 is 52.5. The molecule has 0 amide bonds. The predicted molar refractivity (Wildman–Crippen MR) is 61.8 cm³/mol. The maximum atomic E-state index is 13.5. The van der Waals surface area contributed by atoms with Crippen LogP contribution >= 0.6 is 11.6 Å². The zero-order chi connectivity index (χ0) is 14.2. The lowest BCUT2D eigenvalue weighted by atomic mass is 10.0. The number of hydrogen-bond acceptors (Lipinski definition) is 1. The fourth-order valence-corrected chi connectivity index (χ4v) is 1.90. The second-order valence-electron chi connectivity index (χ2n) is 3.83. The van der Waals surface area contributed by atoms with Gasteiger partial charge in [0.15, 0.2) is 23.3 Å². The number of hydrogen-bond donors (Lipinski definition) is 1. The normalized spacial score (nSPS) is 12.5. The first-order valence-corrected chi connectivity index (χ1v) is 5.56. The first-order chi connectivity index (χ1) is 8.91. The fourth-order valence-electron chi connectivity index (χ4n) is 1.65. The molecule has 0 saturated carbocycles. The molecule has 6 heteroatoms. The second-order valence-corrected chi connectivity index (χ2v) is 4.24. The van der Waals surface area contributed by atoms with Crippen LogP contribution in [0, 0.1) is 23.3 Å². The molecule has 0 saturated heterocycles. The fraction of sp³-hybridized carbons (Fsp3) is 0.0769. The molecule has 1 atom stereocenters. The molecule has 0 heterocycles. The summed E-state index contributed by atoms with van der Waals surface area (Å²) in [6, 6.07) is 4.49. The van der Waals surface area contributed by atoms with E-state index in [1.807, 2.05) is 0 Å². The van der Waals surface area contributed by atoms with Gasteiger partial charge in [0, 0.05) is 16.1 Å². The molecular weight excluding hydrogens is 284 g/mol. The molecule has 100 valence electrons. The maximum absolute atomic E-state index is 13.5. The van der Waals surface area contributed by atoms with Gasteiger partial charge in [-0.05, 0) is 18.2 Å². The van der Waals surface area contributed by atoms with Crippen LogP contribution in [0.3, 0.4) is 0 Å². The maximum Gasteiger partial charge on any atom is 0.164 e. The molecule has 2 aromatic carbocycles. The van der Waals surface area contributed by atoms with Crippen molar-refractivity contribution in [3.63, 3.8) is 0 Å². The van der Waals surface area contributed by atoms with Crippen LogP contribution in [0.1, 0.15) is 17.2 Å². The van der Waals surface area contributed by atoms with Crippen molar-refractivity contribution in [2.75, 3.05) is 0 Å². The molecule has 19 heavy (non-hydrogen) atoms. The van der Waals surface area contributed by atoms with Gasteiger partial charge in [0.2, 0.25) is 0 Å². The number of halogens is 5. The van der Waals surface area contributed by atoms with Crippen molar-refractivity contribution >= 4 is 11.6 Å². The van der Waals surface area contributed by atoms with Gasteiger partial charge in [-0.25, -0.2) is 17.6 Å². The highest BCUT2D eigenvalue weighted by molar-refractivity contribution is 6.31. The van der Waals surface area contributed by atoms with E-state index in [1.54, 1.807) is 0 Å². The molecule has 0 aromatic heterocycles. The monoisotopic (exact) mass is 290 g/mol. The van der Waals surface area contributed by atoms with Gasteiger partial charge in [-0.1, -0.05) is 23.7 Å². The lowest BCUT2D eigenvalue weighted by molar-refractivity contribution is 0.212. The van der Waals surface area contributed by atoms with Crippen LogP contribution in [0.15, 0.2) is 30.3 Å². The molecule has 0 aliphatic heterocycles. The van der Waals surface area contributed by atoms with Crippen LogP contribution in [-0.4, -0.2) is 5.11 Å². The summed E-state index contributed by atoms with van der Waals surface area (Å²) in [5.74, 6) is -4.86. The molecule has 1 unspecified atom stereocenters. The van der Waals surface area contributed by atoms with Gasteiger partial charge in [-0.3, -0.25) is 0 Å². The standard InChI is InChI=1S/C13H7ClF4O/c14-8-5-11(17)10(16)4-7(8)13(19)6-2-1-3-9(15)12(6)18/h1-5,13,19H. The molecule has 2 rings (SSSR count). The third-order valence-corrected chi connectivity index (χ3v) is 2.94. The average molecular weight is 291 g/mol. The van der Waals surface area contributed by atoms with Crippen LogP contribution < -0.4 is 0 Å². The smallest absolute Gasteiger partial charge is 0.164 e. The van der Waals surface area contributed by atoms with E-state index >= 15 is 0 Å². The Morgan fingerprint density at radius 2 is 1.53 bits per heavy atom. The van der Waals surface area contributed by atoms with Crippen LogP contribution in [-0.2, 0) is 0 Å². The van der Waals surface area contributed by atoms with Crippen molar-refractivity contribution in [2.45, 2.75) is 6.10 Å². The van der Waals surface area contributed by atoms with Crippen molar-refractivity contribution in [3.8, 4) is 0 Å². The lowest BCUT2D eigenvalue weighted by Crippen LogP contribution is -2.06. The molecular formula is C13H7ClF4O. The van der Waals surface area contributed by atoms with Crippen molar-refractivity contribution < 1.29 is 22.7 Å². The van der Waals surface area contributed by atoms with E-state index in [0.29, 0.717) is 12.1 Å². The summed E-state index contributed by atoms with van der Waals surface area (Å²) in [7, 11) is 0. The Balaban J connectivity index is 2.53. The quantitative estimate of drug-likeness (QED) is 0.655. The van der Waals surface area contributed by atoms with E-state index in [4.69, 9.17) is 11.6 Å². The van der Waals surface area contributed by atoms with Gasteiger partial charge in [-0.15, -0.1) is 0 Å². The molecule has 0 fully saturated rings. The average Bonchev–Trinajstić information content (AvgIpc) is 2.36. The number of aliphatic hydroxyl groups excluding tert-OH is 1. The highest BCUT2D eigenvalue weighted by atomic mass is 35.5. The van der Waals surface area contributed by atoms with E-state index in [-0.39, 0.29) is 10.6 Å². The summed E-state index contributed by atoms with van der Waals surface area (Å²) in [6.45, 7) is 0. The summed E-state index contributed by atoms with van der Waals surface area (Å²) in [6.07, 6.45) is -1.70. The van der Waals surface area contributed by atoms with Gasteiger partial charge in [0.25, 0.3) is 0 Å². The third kappa shape index (κ3) is 2.57. The first kappa shape index (κ1) is 13.8. The second kappa shape index (κ2) is 5.19. The molecule has 0 aliphatic rings. The van der Waals surface area contributed by atoms with E-state index in [1.165, 1.54) is 6.07 Å². The Kier molecular flexibility index (Phi) is 3.78. The summed E-state index contributed by atoms with van der Waals surface area (Å²) >= 11 is 5.66.